The van der Waals surface area contributed by atoms with Crippen molar-refractivity contribution in [1.29, 1.82) is 0 Å². The van der Waals surface area contributed by atoms with Crippen LogP contribution in [-0.2, 0) is 6.61 Å². The fraction of sp³-hybridized carbons (Fsp3) is 0.111. The van der Waals surface area contributed by atoms with Crippen LogP contribution in [0.5, 0.6) is 5.75 Å². The molecule has 3 aromatic rings. The van der Waals surface area contributed by atoms with Gasteiger partial charge in [0.2, 0.25) is 5.91 Å². The third kappa shape index (κ3) is 3.23. The molecule has 0 saturated carbocycles. The van der Waals surface area contributed by atoms with Crippen LogP contribution >= 0.6 is 0 Å². The van der Waals surface area contributed by atoms with Crippen LogP contribution in [0.3, 0.4) is 0 Å². The smallest absolute Gasteiger partial charge is 0.336 e. The third-order valence-corrected chi connectivity index (χ3v) is 3.57. The van der Waals surface area contributed by atoms with Gasteiger partial charge in [0.25, 0.3) is 0 Å². The number of aryl methyl sites for hydroxylation is 1. The van der Waals surface area contributed by atoms with Gasteiger partial charge in [-0.25, -0.2) is 4.79 Å². The average Bonchev–Trinajstić information content (AvgIpc) is 2.52. The van der Waals surface area contributed by atoms with Crippen molar-refractivity contribution < 1.29 is 13.9 Å². The van der Waals surface area contributed by atoms with Gasteiger partial charge in [-0.2, -0.15) is 0 Å². The summed E-state index contributed by atoms with van der Waals surface area (Å²) in [6.07, 6.45) is 0. The Morgan fingerprint density at radius 3 is 2.57 bits per heavy atom. The number of nitrogens with two attached hydrogens (primary N) is 1. The van der Waals surface area contributed by atoms with Crippen molar-refractivity contribution in [2.75, 3.05) is 0 Å². The van der Waals surface area contributed by atoms with Crippen LogP contribution in [0.25, 0.3) is 11.0 Å². The largest absolute Gasteiger partial charge is 0.489 e. The Labute approximate surface area is 132 Å². The van der Waals surface area contributed by atoms with Crippen LogP contribution in [-0.4, -0.2) is 5.91 Å². The van der Waals surface area contributed by atoms with E-state index in [9.17, 15) is 9.59 Å². The number of benzene rings is 2. The van der Waals surface area contributed by atoms with E-state index in [-0.39, 0.29) is 5.63 Å². The number of hydrogen-bond donors (Lipinski definition) is 1. The van der Waals surface area contributed by atoms with Gasteiger partial charge in [-0.3, -0.25) is 4.79 Å². The molecule has 0 aliphatic carbocycles. The highest BCUT2D eigenvalue weighted by Crippen LogP contribution is 2.23. The van der Waals surface area contributed by atoms with Crippen LogP contribution in [0.15, 0.2) is 57.7 Å². The summed E-state index contributed by atoms with van der Waals surface area (Å²) in [6, 6.07) is 13.7. The fourth-order valence-corrected chi connectivity index (χ4v) is 2.33. The van der Waals surface area contributed by atoms with Gasteiger partial charge in [0.05, 0.1) is 0 Å². The lowest BCUT2D eigenvalue weighted by Crippen LogP contribution is -2.10. The molecule has 2 N–H and O–H groups in total. The van der Waals surface area contributed by atoms with Crippen molar-refractivity contribution in [3.63, 3.8) is 0 Å². The van der Waals surface area contributed by atoms with Crippen LogP contribution in [0.4, 0.5) is 0 Å². The molecule has 0 aliphatic rings. The zero-order valence-corrected chi connectivity index (χ0v) is 12.5. The lowest BCUT2D eigenvalue weighted by atomic mass is 10.1. The topological polar surface area (TPSA) is 82.5 Å². The lowest BCUT2D eigenvalue weighted by molar-refractivity contribution is 0.1000. The van der Waals surface area contributed by atoms with Gasteiger partial charge in [-0.15, -0.1) is 0 Å². The SMILES string of the molecule is Cc1cc(=O)oc2cc(OCc3ccc(C(N)=O)cc3)ccc12. The van der Waals surface area contributed by atoms with Crippen LogP contribution in [0.2, 0.25) is 0 Å². The Bertz CT molecular complexity index is 926. The van der Waals surface area contributed by atoms with E-state index in [0.717, 1.165) is 16.5 Å². The van der Waals surface area contributed by atoms with E-state index in [0.29, 0.717) is 23.5 Å². The molecule has 1 amide bonds. The number of fused-ring (bicyclic) bond motifs is 1. The molecule has 5 nitrogen and oxygen atoms in total. The van der Waals surface area contributed by atoms with Crippen molar-refractivity contribution in [2.45, 2.75) is 13.5 Å². The molecule has 0 radical (unpaired) electrons. The van der Waals surface area contributed by atoms with Gasteiger partial charge in [-0.05, 0) is 42.3 Å². The predicted molar refractivity (Wildman–Crippen MR) is 86.5 cm³/mol. The first-order valence-electron chi connectivity index (χ1n) is 7.09. The van der Waals surface area contributed by atoms with Gasteiger partial charge in [0.1, 0.15) is 17.9 Å². The molecule has 0 bridgehead atoms. The van der Waals surface area contributed by atoms with E-state index < -0.39 is 5.91 Å². The van der Waals surface area contributed by atoms with Gasteiger partial charge in [0.15, 0.2) is 0 Å². The average molecular weight is 309 g/mol. The first kappa shape index (κ1) is 14.8. The van der Waals surface area contributed by atoms with Crippen LogP contribution in [0, 0.1) is 6.92 Å². The molecule has 3 rings (SSSR count). The molecule has 2 aromatic carbocycles. The highest BCUT2D eigenvalue weighted by atomic mass is 16.5. The van der Waals surface area contributed by atoms with E-state index in [1.165, 1.54) is 6.07 Å². The van der Waals surface area contributed by atoms with Crippen LogP contribution < -0.4 is 16.1 Å². The van der Waals surface area contributed by atoms with Crippen molar-refractivity contribution in [1.82, 2.24) is 0 Å². The molecule has 0 aliphatic heterocycles. The molecule has 0 atom stereocenters. The summed E-state index contributed by atoms with van der Waals surface area (Å²) in [6.45, 7) is 2.20. The lowest BCUT2D eigenvalue weighted by Gasteiger charge is -2.08. The van der Waals surface area contributed by atoms with Crippen molar-refractivity contribution in [2.24, 2.45) is 5.73 Å². The molecule has 0 unspecified atom stereocenters. The fourth-order valence-electron chi connectivity index (χ4n) is 2.33. The van der Waals surface area contributed by atoms with Crippen molar-refractivity contribution in [3.05, 3.63) is 75.6 Å². The Balaban J connectivity index is 1.79. The summed E-state index contributed by atoms with van der Waals surface area (Å²) in [7, 11) is 0. The molecule has 0 fully saturated rings. The van der Waals surface area contributed by atoms with E-state index in [4.69, 9.17) is 14.9 Å². The Hall–Kier alpha value is -3.08. The summed E-state index contributed by atoms with van der Waals surface area (Å²) in [5.41, 5.74) is 7.54. The number of carbonyl (C=O) groups is 1. The molecule has 5 heteroatoms. The molecule has 1 aromatic heterocycles. The molecule has 0 saturated heterocycles. The second-order valence-corrected chi connectivity index (χ2v) is 5.26. The highest BCUT2D eigenvalue weighted by molar-refractivity contribution is 5.92. The zero-order chi connectivity index (χ0) is 16.4. The molecule has 0 spiro atoms. The summed E-state index contributed by atoms with van der Waals surface area (Å²) in [5.74, 6) is 0.141. The van der Waals surface area contributed by atoms with Gasteiger partial charge in [0, 0.05) is 23.1 Å². The number of amides is 1. The van der Waals surface area contributed by atoms with E-state index in [1.807, 2.05) is 19.1 Å². The number of carbonyl (C=O) groups excluding carboxylic acids is 1. The summed E-state index contributed by atoms with van der Waals surface area (Å²) in [4.78, 5) is 22.5. The first-order chi connectivity index (χ1) is 11.0. The third-order valence-electron chi connectivity index (χ3n) is 3.57. The number of hydrogen-bond acceptors (Lipinski definition) is 4. The van der Waals surface area contributed by atoms with E-state index in [1.54, 1.807) is 30.3 Å². The quantitative estimate of drug-likeness (QED) is 0.751. The second kappa shape index (κ2) is 5.96. The monoisotopic (exact) mass is 309 g/mol. The molecule has 1 heterocycles. The first-order valence-corrected chi connectivity index (χ1v) is 7.09. The maximum atomic E-state index is 11.4. The minimum Gasteiger partial charge on any atom is -0.489 e. The second-order valence-electron chi connectivity index (χ2n) is 5.26. The van der Waals surface area contributed by atoms with Gasteiger partial charge in [-0.1, -0.05) is 12.1 Å². The summed E-state index contributed by atoms with van der Waals surface area (Å²) < 4.78 is 10.9. The molecule has 116 valence electrons. The predicted octanol–water partition coefficient (Wildman–Crippen LogP) is 2.78. The number of rotatable bonds is 4. The van der Waals surface area contributed by atoms with Gasteiger partial charge < -0.3 is 14.9 Å². The van der Waals surface area contributed by atoms with Crippen molar-refractivity contribution >= 4 is 16.9 Å². The number of ether oxygens (including phenoxy) is 1. The molecular weight excluding hydrogens is 294 g/mol. The maximum absolute atomic E-state index is 11.4. The summed E-state index contributed by atoms with van der Waals surface area (Å²) >= 11 is 0. The number of primary amides is 1. The van der Waals surface area contributed by atoms with E-state index >= 15 is 0 Å². The van der Waals surface area contributed by atoms with Crippen LogP contribution in [0.1, 0.15) is 21.5 Å². The highest BCUT2D eigenvalue weighted by Gasteiger charge is 2.05. The standard InChI is InChI=1S/C18H15NO4/c1-11-8-17(20)23-16-9-14(6-7-15(11)16)22-10-12-2-4-13(5-3-12)18(19)21/h2-9H,10H2,1H3,(H2,19,21). The molecular formula is C18H15NO4. The van der Waals surface area contributed by atoms with Crippen molar-refractivity contribution in [3.8, 4) is 5.75 Å². The Morgan fingerprint density at radius 2 is 1.87 bits per heavy atom. The minimum absolute atomic E-state index is 0.334. The minimum atomic E-state index is -0.461. The zero-order valence-electron chi connectivity index (χ0n) is 12.5. The maximum Gasteiger partial charge on any atom is 0.336 e. The summed E-state index contributed by atoms with van der Waals surface area (Å²) in [5, 5.41) is 0.878. The Morgan fingerprint density at radius 1 is 1.13 bits per heavy atom. The van der Waals surface area contributed by atoms with Gasteiger partial charge >= 0.3 is 5.63 Å². The molecule has 23 heavy (non-hydrogen) atoms. The normalized spacial score (nSPS) is 10.7. The Kier molecular flexibility index (Phi) is 3.85. The van der Waals surface area contributed by atoms with E-state index in [2.05, 4.69) is 0 Å².